The number of hydrogen-bond donors (Lipinski definition) is 0. The summed E-state index contributed by atoms with van der Waals surface area (Å²) in [6.45, 7) is 5.58. The SMILES string of the molecule is CCN1N=C2CCCCC2C1C. The molecule has 2 nitrogen and oxygen atoms in total. The molecule has 1 saturated carbocycles. The van der Waals surface area contributed by atoms with Gasteiger partial charge >= 0.3 is 0 Å². The summed E-state index contributed by atoms with van der Waals surface area (Å²) >= 11 is 0. The first-order valence-corrected chi connectivity index (χ1v) is 5.17. The standard InChI is InChI=1S/C10H18N2/c1-3-12-8(2)9-6-4-5-7-10(9)11-12/h8-9H,3-7H2,1-2H3. The second-order valence-electron chi connectivity index (χ2n) is 3.94. The topological polar surface area (TPSA) is 15.6 Å². The van der Waals surface area contributed by atoms with Gasteiger partial charge in [-0.05, 0) is 33.1 Å². The molecule has 2 atom stereocenters. The maximum Gasteiger partial charge on any atom is 0.0523 e. The lowest BCUT2D eigenvalue weighted by molar-refractivity contribution is 0.220. The maximum atomic E-state index is 4.66. The molecule has 2 rings (SSSR count). The van der Waals surface area contributed by atoms with Crippen LogP contribution in [0.2, 0.25) is 0 Å². The van der Waals surface area contributed by atoms with E-state index in [-0.39, 0.29) is 0 Å². The van der Waals surface area contributed by atoms with E-state index < -0.39 is 0 Å². The second-order valence-corrected chi connectivity index (χ2v) is 3.94. The van der Waals surface area contributed by atoms with Crippen LogP contribution in [0.3, 0.4) is 0 Å². The summed E-state index contributed by atoms with van der Waals surface area (Å²) in [5, 5.41) is 6.91. The highest BCUT2D eigenvalue weighted by Gasteiger charge is 2.34. The van der Waals surface area contributed by atoms with Crippen LogP contribution in [0.1, 0.15) is 39.5 Å². The van der Waals surface area contributed by atoms with E-state index in [2.05, 4.69) is 24.0 Å². The highest BCUT2D eigenvalue weighted by Crippen LogP contribution is 2.32. The van der Waals surface area contributed by atoms with Gasteiger partial charge < -0.3 is 0 Å². The van der Waals surface area contributed by atoms with Crippen molar-refractivity contribution >= 4 is 5.71 Å². The first kappa shape index (κ1) is 8.09. The van der Waals surface area contributed by atoms with Gasteiger partial charge in [-0.2, -0.15) is 5.10 Å². The van der Waals surface area contributed by atoms with Crippen LogP contribution in [0, 0.1) is 5.92 Å². The molecule has 2 heteroatoms. The molecule has 1 fully saturated rings. The summed E-state index contributed by atoms with van der Waals surface area (Å²) in [7, 11) is 0. The van der Waals surface area contributed by atoms with Crippen molar-refractivity contribution in [3.63, 3.8) is 0 Å². The quantitative estimate of drug-likeness (QED) is 0.583. The Morgan fingerprint density at radius 2 is 2.33 bits per heavy atom. The first-order chi connectivity index (χ1) is 5.83. The molecule has 0 amide bonds. The molecule has 0 spiro atoms. The van der Waals surface area contributed by atoms with Crippen LogP contribution < -0.4 is 0 Å². The average molecular weight is 166 g/mol. The van der Waals surface area contributed by atoms with Crippen molar-refractivity contribution < 1.29 is 0 Å². The summed E-state index contributed by atoms with van der Waals surface area (Å²) in [5.74, 6) is 0.790. The zero-order valence-electron chi connectivity index (χ0n) is 8.08. The van der Waals surface area contributed by atoms with Crippen LogP contribution in [0.25, 0.3) is 0 Å². The highest BCUT2D eigenvalue weighted by atomic mass is 15.5. The summed E-state index contributed by atoms with van der Waals surface area (Å²) in [6.07, 6.45) is 5.40. The molecule has 0 aromatic rings. The number of fused-ring (bicyclic) bond motifs is 1. The van der Waals surface area contributed by atoms with E-state index in [1.807, 2.05) is 0 Å². The monoisotopic (exact) mass is 166 g/mol. The third-order valence-electron chi connectivity index (χ3n) is 3.26. The van der Waals surface area contributed by atoms with Crippen molar-refractivity contribution in [1.82, 2.24) is 5.01 Å². The summed E-state index contributed by atoms with van der Waals surface area (Å²) in [4.78, 5) is 0. The highest BCUT2D eigenvalue weighted by molar-refractivity contribution is 5.89. The van der Waals surface area contributed by atoms with Gasteiger partial charge in [0, 0.05) is 18.2 Å². The van der Waals surface area contributed by atoms with Crippen molar-refractivity contribution in [2.75, 3.05) is 6.54 Å². The summed E-state index contributed by atoms with van der Waals surface area (Å²) < 4.78 is 0. The van der Waals surface area contributed by atoms with Gasteiger partial charge in [-0.25, -0.2) is 0 Å². The Morgan fingerprint density at radius 3 is 3.00 bits per heavy atom. The van der Waals surface area contributed by atoms with E-state index >= 15 is 0 Å². The van der Waals surface area contributed by atoms with Gasteiger partial charge in [0.2, 0.25) is 0 Å². The Bertz CT molecular complexity index is 198. The molecule has 12 heavy (non-hydrogen) atoms. The Balaban J connectivity index is 2.12. The Hall–Kier alpha value is -0.530. The predicted octanol–water partition coefficient (Wildman–Crippen LogP) is 2.26. The van der Waals surface area contributed by atoms with Crippen molar-refractivity contribution in [3.8, 4) is 0 Å². The van der Waals surface area contributed by atoms with E-state index in [9.17, 15) is 0 Å². The molecule has 0 saturated heterocycles. The fourth-order valence-electron chi connectivity index (χ4n) is 2.49. The molecule has 2 aliphatic rings. The lowest BCUT2D eigenvalue weighted by Gasteiger charge is -2.25. The molecule has 2 unspecified atom stereocenters. The van der Waals surface area contributed by atoms with Crippen LogP contribution >= 0.6 is 0 Å². The van der Waals surface area contributed by atoms with Crippen LogP contribution in [0.15, 0.2) is 5.10 Å². The Kier molecular flexibility index (Phi) is 2.07. The number of hydrogen-bond acceptors (Lipinski definition) is 2. The van der Waals surface area contributed by atoms with Crippen molar-refractivity contribution in [2.24, 2.45) is 11.0 Å². The fourth-order valence-corrected chi connectivity index (χ4v) is 2.49. The molecule has 1 aliphatic heterocycles. The molecular weight excluding hydrogens is 148 g/mol. The van der Waals surface area contributed by atoms with Crippen LogP contribution in [0.5, 0.6) is 0 Å². The third kappa shape index (κ3) is 1.13. The second kappa shape index (κ2) is 3.08. The number of nitrogens with zero attached hydrogens (tertiary/aromatic N) is 2. The molecule has 0 aromatic carbocycles. The molecule has 1 aliphatic carbocycles. The first-order valence-electron chi connectivity index (χ1n) is 5.17. The van der Waals surface area contributed by atoms with Crippen LogP contribution in [-0.2, 0) is 0 Å². The molecule has 1 heterocycles. The smallest absolute Gasteiger partial charge is 0.0523 e. The molecule has 0 aromatic heterocycles. The van der Waals surface area contributed by atoms with Gasteiger partial charge in [0.1, 0.15) is 0 Å². The van der Waals surface area contributed by atoms with Gasteiger partial charge in [0.25, 0.3) is 0 Å². The molecular formula is C10H18N2. The van der Waals surface area contributed by atoms with Gasteiger partial charge in [-0.3, -0.25) is 5.01 Å². The Labute approximate surface area is 74.6 Å². The minimum atomic E-state index is 0.672. The van der Waals surface area contributed by atoms with Crippen LogP contribution in [0.4, 0.5) is 0 Å². The van der Waals surface area contributed by atoms with Crippen LogP contribution in [-0.4, -0.2) is 23.3 Å². The van der Waals surface area contributed by atoms with Gasteiger partial charge in [0.15, 0.2) is 0 Å². The van der Waals surface area contributed by atoms with E-state index in [4.69, 9.17) is 0 Å². The van der Waals surface area contributed by atoms with E-state index in [0.717, 1.165) is 12.5 Å². The zero-order valence-corrected chi connectivity index (χ0v) is 8.08. The number of hydrazone groups is 1. The van der Waals surface area contributed by atoms with Gasteiger partial charge in [0.05, 0.1) is 6.04 Å². The lowest BCUT2D eigenvalue weighted by Crippen LogP contribution is -2.31. The largest absolute Gasteiger partial charge is 0.294 e. The minimum Gasteiger partial charge on any atom is -0.294 e. The van der Waals surface area contributed by atoms with Crippen molar-refractivity contribution in [1.29, 1.82) is 0 Å². The van der Waals surface area contributed by atoms with Gasteiger partial charge in [-0.1, -0.05) is 6.42 Å². The summed E-state index contributed by atoms with van der Waals surface area (Å²) in [6, 6.07) is 0.672. The average Bonchev–Trinajstić information content (AvgIpc) is 2.44. The molecule has 0 N–H and O–H groups in total. The predicted molar refractivity (Wildman–Crippen MR) is 51.2 cm³/mol. The van der Waals surface area contributed by atoms with Crippen molar-refractivity contribution in [3.05, 3.63) is 0 Å². The normalized spacial score (nSPS) is 34.8. The van der Waals surface area contributed by atoms with E-state index in [1.165, 1.54) is 31.4 Å². The number of rotatable bonds is 1. The van der Waals surface area contributed by atoms with E-state index in [1.54, 1.807) is 0 Å². The molecule has 0 bridgehead atoms. The Morgan fingerprint density at radius 1 is 1.50 bits per heavy atom. The maximum absolute atomic E-state index is 4.66. The molecule has 0 radical (unpaired) electrons. The fraction of sp³-hybridized carbons (Fsp3) is 0.900. The van der Waals surface area contributed by atoms with Crippen molar-refractivity contribution in [2.45, 2.75) is 45.6 Å². The van der Waals surface area contributed by atoms with Gasteiger partial charge in [-0.15, -0.1) is 0 Å². The third-order valence-corrected chi connectivity index (χ3v) is 3.26. The lowest BCUT2D eigenvalue weighted by atomic mass is 9.84. The summed E-state index contributed by atoms with van der Waals surface area (Å²) in [5.41, 5.74) is 1.48. The zero-order chi connectivity index (χ0) is 8.55. The minimum absolute atomic E-state index is 0.672. The molecule has 68 valence electrons. The van der Waals surface area contributed by atoms with E-state index in [0.29, 0.717) is 6.04 Å².